The van der Waals surface area contributed by atoms with Crippen LogP contribution in [0.5, 0.6) is 0 Å². The zero-order valence-electron chi connectivity index (χ0n) is 13.3. The Balaban J connectivity index is 1.59. The van der Waals surface area contributed by atoms with Gasteiger partial charge in [0.25, 0.3) is 0 Å². The van der Waals surface area contributed by atoms with Crippen molar-refractivity contribution in [1.82, 2.24) is 25.0 Å². The molecule has 114 valence electrons. The van der Waals surface area contributed by atoms with Crippen LogP contribution in [0.4, 0.5) is 0 Å². The summed E-state index contributed by atoms with van der Waals surface area (Å²) >= 11 is 0. The first-order chi connectivity index (χ1) is 10.1. The fraction of sp³-hybridized carbons (Fsp3) is 0.625. The van der Waals surface area contributed by atoms with Crippen LogP contribution < -0.4 is 5.32 Å². The highest BCUT2D eigenvalue weighted by molar-refractivity contribution is 5.78. The first-order valence-electron chi connectivity index (χ1n) is 7.81. The Kier molecular flexibility index (Phi) is 4.22. The maximum absolute atomic E-state index is 4.53. The minimum Gasteiger partial charge on any atom is -0.312 e. The molecule has 0 amide bonds. The van der Waals surface area contributed by atoms with E-state index in [0.717, 1.165) is 35.7 Å². The molecule has 1 aliphatic heterocycles. The summed E-state index contributed by atoms with van der Waals surface area (Å²) in [6.07, 6.45) is 4.63. The Morgan fingerprint density at radius 1 is 1.38 bits per heavy atom. The second-order valence-corrected chi connectivity index (χ2v) is 6.33. The molecule has 0 aromatic carbocycles. The molecule has 1 atom stereocenters. The molecule has 5 nitrogen and oxygen atoms in total. The molecule has 3 heterocycles. The lowest BCUT2D eigenvalue weighted by molar-refractivity contribution is 0.206. The number of nitrogens with zero attached hydrogens (tertiary/aromatic N) is 4. The van der Waals surface area contributed by atoms with E-state index in [0.29, 0.717) is 0 Å². The van der Waals surface area contributed by atoms with Crippen molar-refractivity contribution in [3.05, 3.63) is 23.5 Å². The summed E-state index contributed by atoms with van der Waals surface area (Å²) in [6, 6.07) is 2.21. The molecule has 1 fully saturated rings. The van der Waals surface area contributed by atoms with Gasteiger partial charge in [-0.2, -0.15) is 5.10 Å². The number of rotatable bonds is 4. The van der Waals surface area contributed by atoms with Crippen LogP contribution in [0.2, 0.25) is 0 Å². The van der Waals surface area contributed by atoms with E-state index in [4.69, 9.17) is 0 Å². The molecule has 0 aliphatic carbocycles. The van der Waals surface area contributed by atoms with E-state index < -0.39 is 0 Å². The first kappa shape index (κ1) is 14.5. The fourth-order valence-electron chi connectivity index (χ4n) is 3.31. The molecule has 1 saturated heterocycles. The van der Waals surface area contributed by atoms with Gasteiger partial charge in [-0.05, 0) is 57.5 Å². The molecule has 2 aromatic heterocycles. The molecule has 21 heavy (non-hydrogen) atoms. The molecule has 1 N–H and O–H groups in total. The minimum absolute atomic E-state index is 0.778. The van der Waals surface area contributed by atoms with Crippen LogP contribution in [-0.2, 0) is 13.6 Å². The third-order valence-corrected chi connectivity index (χ3v) is 4.40. The van der Waals surface area contributed by atoms with Crippen molar-refractivity contribution >= 4 is 11.0 Å². The highest BCUT2D eigenvalue weighted by Gasteiger charge is 2.16. The molecular weight excluding hydrogens is 262 g/mol. The molecule has 3 rings (SSSR count). The summed E-state index contributed by atoms with van der Waals surface area (Å²) in [7, 11) is 4.16. The van der Waals surface area contributed by atoms with Gasteiger partial charge in [0.1, 0.15) is 0 Å². The van der Waals surface area contributed by atoms with Crippen LogP contribution in [0.1, 0.15) is 24.1 Å². The average molecular weight is 287 g/mol. The topological polar surface area (TPSA) is 46.0 Å². The monoisotopic (exact) mass is 287 g/mol. The summed E-state index contributed by atoms with van der Waals surface area (Å²) in [5.41, 5.74) is 3.25. The van der Waals surface area contributed by atoms with Gasteiger partial charge in [0.2, 0.25) is 0 Å². The van der Waals surface area contributed by atoms with Crippen LogP contribution >= 0.6 is 0 Å². The van der Waals surface area contributed by atoms with E-state index in [1.165, 1.54) is 31.5 Å². The third kappa shape index (κ3) is 3.24. The van der Waals surface area contributed by atoms with Crippen molar-refractivity contribution in [2.24, 2.45) is 13.0 Å². The van der Waals surface area contributed by atoms with Gasteiger partial charge in [0.05, 0.1) is 5.69 Å². The normalized spacial score (nSPS) is 20.2. The van der Waals surface area contributed by atoms with E-state index in [-0.39, 0.29) is 0 Å². The van der Waals surface area contributed by atoms with E-state index in [1.807, 2.05) is 24.9 Å². The Morgan fingerprint density at radius 3 is 3.05 bits per heavy atom. The van der Waals surface area contributed by atoms with E-state index in [2.05, 4.69) is 33.4 Å². The lowest BCUT2D eigenvalue weighted by Gasteiger charge is -2.29. The number of hydrogen-bond acceptors (Lipinski definition) is 4. The molecular formula is C16H25N5. The predicted octanol–water partition coefficient (Wildman–Crippen LogP) is 1.71. The van der Waals surface area contributed by atoms with Gasteiger partial charge >= 0.3 is 0 Å². The first-order valence-corrected chi connectivity index (χ1v) is 7.81. The van der Waals surface area contributed by atoms with Crippen molar-refractivity contribution in [1.29, 1.82) is 0 Å². The summed E-state index contributed by atoms with van der Waals surface area (Å²) in [5, 5.41) is 9.17. The van der Waals surface area contributed by atoms with Crippen molar-refractivity contribution in [2.45, 2.75) is 26.3 Å². The van der Waals surface area contributed by atoms with E-state index in [9.17, 15) is 0 Å². The number of fused-ring (bicyclic) bond motifs is 1. The van der Waals surface area contributed by atoms with E-state index in [1.54, 1.807) is 0 Å². The van der Waals surface area contributed by atoms with Crippen molar-refractivity contribution in [3.8, 4) is 0 Å². The number of aryl methyl sites for hydroxylation is 2. The number of piperidine rings is 1. The summed E-state index contributed by atoms with van der Waals surface area (Å²) in [4.78, 5) is 6.96. The quantitative estimate of drug-likeness (QED) is 0.930. The third-order valence-electron chi connectivity index (χ3n) is 4.40. The van der Waals surface area contributed by atoms with E-state index >= 15 is 0 Å². The molecule has 0 radical (unpaired) electrons. The van der Waals surface area contributed by atoms with Gasteiger partial charge in [-0.3, -0.25) is 4.68 Å². The maximum Gasteiger partial charge on any atom is 0.157 e. The number of aromatic nitrogens is 3. The second kappa shape index (κ2) is 6.12. The van der Waals surface area contributed by atoms with Crippen LogP contribution in [0.25, 0.3) is 11.0 Å². The van der Waals surface area contributed by atoms with Crippen LogP contribution in [-0.4, -0.2) is 46.3 Å². The van der Waals surface area contributed by atoms with Crippen molar-refractivity contribution in [3.63, 3.8) is 0 Å². The van der Waals surface area contributed by atoms with Crippen molar-refractivity contribution in [2.75, 3.05) is 26.7 Å². The van der Waals surface area contributed by atoms with Gasteiger partial charge in [-0.15, -0.1) is 0 Å². The number of nitrogens with one attached hydrogen (secondary N) is 1. The SMILES string of the molecule is Cc1nn(C)c2ncc(CNC[C@@H]3CCCN(C)C3)cc12. The Bertz CT molecular complexity index is 618. The number of hydrogen-bond donors (Lipinski definition) is 1. The molecule has 2 aromatic rings. The standard InChI is InChI=1S/C16H25N5/c1-12-15-7-14(10-18-16(15)21(3)19-12)9-17-8-13-5-4-6-20(2)11-13/h7,10,13,17H,4-6,8-9,11H2,1-3H3/t13-/m0/s1. The Labute approximate surface area is 126 Å². The van der Waals surface area contributed by atoms with Crippen LogP contribution in [0.3, 0.4) is 0 Å². The molecule has 1 aliphatic rings. The van der Waals surface area contributed by atoms with Gasteiger partial charge in [-0.1, -0.05) is 0 Å². The smallest absolute Gasteiger partial charge is 0.157 e. The molecule has 0 spiro atoms. The molecule has 0 saturated carbocycles. The Morgan fingerprint density at radius 2 is 2.24 bits per heavy atom. The van der Waals surface area contributed by atoms with Crippen molar-refractivity contribution < 1.29 is 0 Å². The highest BCUT2D eigenvalue weighted by Crippen LogP contribution is 2.17. The van der Waals surface area contributed by atoms with Gasteiger partial charge in [0, 0.05) is 31.7 Å². The highest BCUT2D eigenvalue weighted by atomic mass is 15.3. The Hall–Kier alpha value is -1.46. The minimum atomic E-state index is 0.778. The second-order valence-electron chi connectivity index (χ2n) is 6.33. The fourth-order valence-corrected chi connectivity index (χ4v) is 3.31. The average Bonchev–Trinajstić information content (AvgIpc) is 2.74. The van der Waals surface area contributed by atoms with Crippen LogP contribution in [0.15, 0.2) is 12.3 Å². The molecule has 0 bridgehead atoms. The van der Waals surface area contributed by atoms with Gasteiger partial charge in [-0.25, -0.2) is 4.98 Å². The summed E-state index contributed by atoms with van der Waals surface area (Å²) in [6.45, 7) is 6.48. The summed E-state index contributed by atoms with van der Waals surface area (Å²) in [5.74, 6) is 0.778. The number of likely N-dealkylation sites (tertiary alicyclic amines) is 1. The lowest BCUT2D eigenvalue weighted by Crippen LogP contribution is -2.37. The molecule has 5 heteroatoms. The number of pyridine rings is 1. The molecule has 0 unspecified atom stereocenters. The zero-order chi connectivity index (χ0) is 14.8. The van der Waals surface area contributed by atoms with Gasteiger partial charge in [0.15, 0.2) is 5.65 Å². The largest absolute Gasteiger partial charge is 0.312 e. The predicted molar refractivity (Wildman–Crippen MR) is 85.2 cm³/mol. The van der Waals surface area contributed by atoms with Crippen LogP contribution in [0, 0.1) is 12.8 Å². The lowest BCUT2D eigenvalue weighted by atomic mass is 9.98. The zero-order valence-corrected chi connectivity index (χ0v) is 13.3. The maximum atomic E-state index is 4.53. The van der Waals surface area contributed by atoms with Gasteiger partial charge < -0.3 is 10.2 Å². The summed E-state index contributed by atoms with van der Waals surface area (Å²) < 4.78 is 1.85.